The van der Waals surface area contributed by atoms with Crippen LogP contribution >= 0.6 is 0 Å². The molecule has 4 heteroatoms. The van der Waals surface area contributed by atoms with Crippen molar-refractivity contribution in [3.8, 4) is 0 Å². The average molecular weight is 258 g/mol. The van der Waals surface area contributed by atoms with Gasteiger partial charge in [-0.3, -0.25) is 0 Å². The molecular formula is C14H30N2O2. The van der Waals surface area contributed by atoms with E-state index in [1.165, 1.54) is 38.9 Å². The lowest BCUT2D eigenvalue weighted by molar-refractivity contribution is -0.138. The molecule has 0 amide bonds. The molecule has 1 rings (SSSR count). The van der Waals surface area contributed by atoms with Gasteiger partial charge in [0.2, 0.25) is 0 Å². The van der Waals surface area contributed by atoms with E-state index in [4.69, 9.17) is 9.47 Å². The average Bonchev–Trinajstić information content (AvgIpc) is 2.40. The molecule has 1 fully saturated rings. The van der Waals surface area contributed by atoms with Crippen molar-refractivity contribution in [2.75, 3.05) is 45.9 Å². The first-order valence-electron chi connectivity index (χ1n) is 7.53. The molecule has 0 saturated carbocycles. The van der Waals surface area contributed by atoms with Crippen molar-refractivity contribution in [1.29, 1.82) is 0 Å². The van der Waals surface area contributed by atoms with E-state index in [-0.39, 0.29) is 6.29 Å². The molecular weight excluding hydrogens is 228 g/mol. The van der Waals surface area contributed by atoms with Crippen molar-refractivity contribution >= 4 is 0 Å². The van der Waals surface area contributed by atoms with Gasteiger partial charge in [-0.25, -0.2) is 0 Å². The third kappa shape index (κ3) is 7.31. The largest absolute Gasteiger partial charge is 0.353 e. The Kier molecular flexibility index (Phi) is 9.48. The number of hydrogen-bond donors (Lipinski definition) is 1. The van der Waals surface area contributed by atoms with Gasteiger partial charge in [-0.05, 0) is 39.8 Å². The van der Waals surface area contributed by atoms with Gasteiger partial charge in [0.05, 0.1) is 0 Å². The summed E-state index contributed by atoms with van der Waals surface area (Å²) in [6.07, 6.45) is 5.05. The Balaban J connectivity index is 1.95. The van der Waals surface area contributed by atoms with Crippen LogP contribution in [0.1, 0.15) is 39.5 Å². The molecule has 0 aliphatic carbocycles. The van der Waals surface area contributed by atoms with Gasteiger partial charge in [0.1, 0.15) is 0 Å². The van der Waals surface area contributed by atoms with Gasteiger partial charge in [0.25, 0.3) is 0 Å². The highest BCUT2D eigenvalue weighted by Crippen LogP contribution is 2.07. The Morgan fingerprint density at radius 1 is 1.00 bits per heavy atom. The highest BCUT2D eigenvalue weighted by molar-refractivity contribution is 4.65. The summed E-state index contributed by atoms with van der Waals surface area (Å²) < 4.78 is 11.0. The first kappa shape index (κ1) is 15.9. The second kappa shape index (κ2) is 10.7. The summed E-state index contributed by atoms with van der Waals surface area (Å²) >= 11 is 0. The van der Waals surface area contributed by atoms with Gasteiger partial charge in [-0.15, -0.1) is 0 Å². The Morgan fingerprint density at radius 3 is 2.28 bits per heavy atom. The quantitative estimate of drug-likeness (QED) is 0.479. The molecule has 0 aromatic heterocycles. The number of rotatable bonds is 10. The maximum Gasteiger partial charge on any atom is 0.158 e. The highest BCUT2D eigenvalue weighted by Gasteiger charge is 2.09. The van der Waals surface area contributed by atoms with E-state index in [0.29, 0.717) is 0 Å². The molecule has 1 aliphatic heterocycles. The topological polar surface area (TPSA) is 33.7 Å². The van der Waals surface area contributed by atoms with Crippen LogP contribution in [0.25, 0.3) is 0 Å². The molecule has 0 aromatic rings. The summed E-state index contributed by atoms with van der Waals surface area (Å²) in [6, 6.07) is 0. The Labute approximate surface area is 112 Å². The lowest BCUT2D eigenvalue weighted by Gasteiger charge is -2.26. The number of ether oxygens (including phenoxy) is 2. The lowest BCUT2D eigenvalue weighted by atomic mass is 10.1. The lowest BCUT2D eigenvalue weighted by Crippen LogP contribution is -2.36. The van der Waals surface area contributed by atoms with Crippen LogP contribution in [0.3, 0.4) is 0 Å². The molecule has 0 aromatic carbocycles. The SMILES string of the molecule is CCOC(CCNCCN1CCCCC1)OCC. The molecule has 1 aliphatic rings. The predicted octanol–water partition coefficient (Wildman–Crippen LogP) is 1.85. The third-order valence-electron chi connectivity index (χ3n) is 3.32. The Morgan fingerprint density at radius 2 is 1.67 bits per heavy atom. The van der Waals surface area contributed by atoms with Crippen molar-refractivity contribution in [3.05, 3.63) is 0 Å². The van der Waals surface area contributed by atoms with Crippen LogP contribution in [-0.2, 0) is 9.47 Å². The monoisotopic (exact) mass is 258 g/mol. The first-order chi connectivity index (χ1) is 8.86. The van der Waals surface area contributed by atoms with Crippen LogP contribution in [-0.4, -0.2) is 57.1 Å². The number of nitrogens with one attached hydrogen (secondary N) is 1. The van der Waals surface area contributed by atoms with E-state index in [2.05, 4.69) is 10.2 Å². The minimum absolute atomic E-state index is 0.0394. The molecule has 0 atom stereocenters. The fourth-order valence-corrected chi connectivity index (χ4v) is 2.35. The maximum atomic E-state index is 5.51. The number of hydrogen-bond acceptors (Lipinski definition) is 4. The summed E-state index contributed by atoms with van der Waals surface area (Å²) in [4.78, 5) is 2.55. The van der Waals surface area contributed by atoms with Crippen LogP contribution in [0.2, 0.25) is 0 Å². The van der Waals surface area contributed by atoms with Crippen LogP contribution in [0, 0.1) is 0 Å². The van der Waals surface area contributed by atoms with Gasteiger partial charge in [-0.2, -0.15) is 0 Å². The van der Waals surface area contributed by atoms with Crippen LogP contribution < -0.4 is 5.32 Å². The fourth-order valence-electron chi connectivity index (χ4n) is 2.35. The van der Waals surface area contributed by atoms with E-state index < -0.39 is 0 Å². The molecule has 0 bridgehead atoms. The van der Waals surface area contributed by atoms with Crippen molar-refractivity contribution in [3.63, 3.8) is 0 Å². The summed E-state index contributed by atoms with van der Waals surface area (Å²) in [5.41, 5.74) is 0. The van der Waals surface area contributed by atoms with Crippen molar-refractivity contribution in [2.24, 2.45) is 0 Å². The molecule has 0 radical (unpaired) electrons. The molecule has 1 N–H and O–H groups in total. The van der Waals surface area contributed by atoms with Gasteiger partial charge in [0, 0.05) is 39.3 Å². The molecule has 108 valence electrons. The molecule has 4 nitrogen and oxygen atoms in total. The van der Waals surface area contributed by atoms with Gasteiger partial charge < -0.3 is 19.7 Å². The summed E-state index contributed by atoms with van der Waals surface area (Å²) in [5, 5.41) is 3.48. The third-order valence-corrected chi connectivity index (χ3v) is 3.32. The maximum absolute atomic E-state index is 5.51. The van der Waals surface area contributed by atoms with Gasteiger partial charge >= 0.3 is 0 Å². The summed E-state index contributed by atoms with van der Waals surface area (Å²) in [5.74, 6) is 0. The molecule has 1 saturated heterocycles. The number of nitrogens with zero attached hydrogens (tertiary/aromatic N) is 1. The summed E-state index contributed by atoms with van der Waals surface area (Å²) in [7, 11) is 0. The smallest absolute Gasteiger partial charge is 0.158 e. The van der Waals surface area contributed by atoms with Crippen LogP contribution in [0.15, 0.2) is 0 Å². The standard InChI is InChI=1S/C14H30N2O2/c1-3-17-14(18-4-2)8-9-15-10-13-16-11-6-5-7-12-16/h14-15H,3-13H2,1-2H3. The zero-order valence-corrected chi connectivity index (χ0v) is 12.1. The second-order valence-electron chi connectivity index (χ2n) is 4.78. The van der Waals surface area contributed by atoms with Crippen molar-refractivity contribution < 1.29 is 9.47 Å². The minimum atomic E-state index is -0.0394. The van der Waals surface area contributed by atoms with Crippen LogP contribution in [0.4, 0.5) is 0 Å². The van der Waals surface area contributed by atoms with Crippen LogP contribution in [0.5, 0.6) is 0 Å². The fraction of sp³-hybridized carbons (Fsp3) is 1.00. The first-order valence-corrected chi connectivity index (χ1v) is 7.53. The second-order valence-corrected chi connectivity index (χ2v) is 4.78. The van der Waals surface area contributed by atoms with Crippen molar-refractivity contribution in [1.82, 2.24) is 10.2 Å². The molecule has 18 heavy (non-hydrogen) atoms. The predicted molar refractivity (Wildman–Crippen MR) is 74.8 cm³/mol. The van der Waals surface area contributed by atoms with E-state index >= 15 is 0 Å². The normalized spacial score (nSPS) is 17.5. The molecule has 0 unspecified atom stereocenters. The number of piperidine rings is 1. The molecule has 1 heterocycles. The van der Waals surface area contributed by atoms with E-state index in [9.17, 15) is 0 Å². The van der Waals surface area contributed by atoms with E-state index in [0.717, 1.165) is 32.7 Å². The number of likely N-dealkylation sites (tertiary alicyclic amines) is 1. The minimum Gasteiger partial charge on any atom is -0.353 e. The van der Waals surface area contributed by atoms with E-state index in [1.807, 2.05) is 13.8 Å². The Bertz CT molecular complexity index is 179. The molecule has 0 spiro atoms. The van der Waals surface area contributed by atoms with Crippen molar-refractivity contribution in [2.45, 2.75) is 45.8 Å². The highest BCUT2D eigenvalue weighted by atomic mass is 16.7. The Hall–Kier alpha value is -0.160. The zero-order valence-electron chi connectivity index (χ0n) is 12.1. The van der Waals surface area contributed by atoms with Gasteiger partial charge in [-0.1, -0.05) is 6.42 Å². The van der Waals surface area contributed by atoms with Gasteiger partial charge in [0.15, 0.2) is 6.29 Å². The van der Waals surface area contributed by atoms with E-state index in [1.54, 1.807) is 0 Å². The summed E-state index contributed by atoms with van der Waals surface area (Å²) in [6.45, 7) is 11.2. The zero-order chi connectivity index (χ0) is 13.1.